The number of piperidine rings is 1. The van der Waals surface area contributed by atoms with Gasteiger partial charge < -0.3 is 9.74 Å². The third kappa shape index (κ3) is 4.38. The summed E-state index contributed by atoms with van der Waals surface area (Å²) in [6.07, 6.45) is 2.36. The fraction of sp³-hybridized carbons (Fsp3) is 0.146. The van der Waals surface area contributed by atoms with E-state index in [9.17, 15) is 0 Å². The van der Waals surface area contributed by atoms with Crippen LogP contribution in [0.4, 0.5) is 5.69 Å². The number of para-hydroxylation sites is 1. The maximum absolute atomic E-state index is 7.02. The molecule has 1 spiro atoms. The molecule has 0 radical (unpaired) electrons. The van der Waals surface area contributed by atoms with Gasteiger partial charge in [-0.2, -0.15) is 0 Å². The van der Waals surface area contributed by atoms with E-state index in [1.165, 1.54) is 43.1 Å². The zero-order valence-electron chi connectivity index (χ0n) is 25.6. The number of hydrogen-bond donors (Lipinski definition) is 0. The normalized spacial score (nSPS) is 23.4. The maximum atomic E-state index is 7.02. The molecule has 0 aromatic heterocycles. The quantitative estimate of drug-likeness (QED) is 0.198. The van der Waals surface area contributed by atoms with Gasteiger partial charge in [0.05, 0.1) is 11.6 Å². The van der Waals surface area contributed by atoms with Gasteiger partial charge in [-0.1, -0.05) is 126 Å². The molecular formula is C41H33N3OS. The largest absolute Gasteiger partial charge is 0.359 e. The molecule has 0 unspecified atom stereocenters. The second kappa shape index (κ2) is 10.9. The molecule has 0 N–H and O–H groups in total. The topological polar surface area (TPSA) is 28.1 Å². The molecule has 224 valence electrons. The Balaban J connectivity index is 1.30. The summed E-state index contributed by atoms with van der Waals surface area (Å²) in [5.74, 6) is 0.910. The van der Waals surface area contributed by atoms with Crippen molar-refractivity contribution in [1.82, 2.24) is 4.90 Å². The first-order valence-electron chi connectivity index (χ1n) is 15.9. The zero-order valence-corrected chi connectivity index (χ0v) is 26.4. The fourth-order valence-corrected chi connectivity index (χ4v) is 9.04. The molecule has 4 nitrogen and oxygen atoms in total. The van der Waals surface area contributed by atoms with E-state index >= 15 is 0 Å². The van der Waals surface area contributed by atoms with Gasteiger partial charge in [0.1, 0.15) is 0 Å². The van der Waals surface area contributed by atoms with E-state index in [1.807, 2.05) is 11.8 Å². The number of amidine groups is 1. The molecule has 0 aliphatic carbocycles. The SMILES string of the molecule is CN1C/C(=C\c2ccc3ccccc3c2)[C@]23ON=C(c4ccccc4)N2c2ccccc2S[C@@H](c2ccc4ccccc4c2)[C@@H]3C1. The predicted octanol–water partition coefficient (Wildman–Crippen LogP) is 9.38. The third-order valence-electron chi connectivity index (χ3n) is 9.70. The highest BCUT2D eigenvalue weighted by Gasteiger charge is 2.62. The number of likely N-dealkylation sites (N-methyl/N-ethyl adjacent to an activating group) is 1. The van der Waals surface area contributed by atoms with Crippen molar-refractivity contribution in [2.24, 2.45) is 11.1 Å². The number of thioether (sulfide) groups is 1. The van der Waals surface area contributed by atoms with Crippen LogP contribution in [0.25, 0.3) is 27.6 Å². The molecule has 5 heteroatoms. The second-order valence-electron chi connectivity index (χ2n) is 12.6. The highest BCUT2D eigenvalue weighted by molar-refractivity contribution is 7.99. The van der Waals surface area contributed by atoms with Crippen molar-refractivity contribution in [2.75, 3.05) is 25.0 Å². The lowest BCUT2D eigenvalue weighted by Crippen LogP contribution is -2.63. The van der Waals surface area contributed by atoms with E-state index < -0.39 is 5.72 Å². The van der Waals surface area contributed by atoms with Crippen molar-refractivity contribution < 1.29 is 4.84 Å². The minimum atomic E-state index is -0.820. The van der Waals surface area contributed by atoms with Crippen molar-refractivity contribution >= 4 is 50.9 Å². The van der Waals surface area contributed by atoms with Gasteiger partial charge in [-0.25, -0.2) is 0 Å². The molecule has 3 atom stereocenters. The molecule has 6 aromatic carbocycles. The van der Waals surface area contributed by atoms with E-state index in [0.29, 0.717) is 0 Å². The molecule has 9 rings (SSSR count). The minimum absolute atomic E-state index is 0.0569. The van der Waals surface area contributed by atoms with Crippen LogP contribution < -0.4 is 4.90 Å². The molecule has 3 aliphatic rings. The number of rotatable bonds is 3. The second-order valence-corrected chi connectivity index (χ2v) is 13.8. The predicted molar refractivity (Wildman–Crippen MR) is 191 cm³/mol. The Morgan fingerprint density at radius 3 is 2.22 bits per heavy atom. The number of benzene rings is 6. The molecule has 3 heterocycles. The molecule has 6 aromatic rings. The number of fused-ring (bicyclic) bond motifs is 4. The Morgan fingerprint density at radius 2 is 1.41 bits per heavy atom. The van der Waals surface area contributed by atoms with Crippen LogP contribution in [0.5, 0.6) is 0 Å². The standard InChI is InChI=1S/C41H33N3OS/c1-43-26-35(24-28-19-20-29-11-5-7-15-32(29)23-28)41-36(27-43)39(34-22-21-30-12-6-8-16-33(30)25-34)46-38-18-10-9-17-37(38)44(41)40(42-45-41)31-13-3-2-4-14-31/h2-25,36,39H,26-27H2,1H3/b35-24+/t36-,39-,41+/m0/s1. The zero-order chi connectivity index (χ0) is 30.7. The van der Waals surface area contributed by atoms with Gasteiger partial charge in [0.2, 0.25) is 5.72 Å². The lowest BCUT2D eigenvalue weighted by atomic mass is 9.77. The van der Waals surface area contributed by atoms with Crippen LogP contribution in [0, 0.1) is 5.92 Å². The molecular weight excluding hydrogens is 583 g/mol. The lowest BCUT2D eigenvalue weighted by Gasteiger charge is -2.50. The van der Waals surface area contributed by atoms with Gasteiger partial charge in [0, 0.05) is 34.4 Å². The highest BCUT2D eigenvalue weighted by Crippen LogP contribution is 2.59. The third-order valence-corrected chi connectivity index (χ3v) is 11.2. The Kier molecular flexibility index (Phi) is 6.51. The maximum Gasteiger partial charge on any atom is 0.244 e. The first-order chi connectivity index (χ1) is 22.7. The molecule has 0 amide bonds. The van der Waals surface area contributed by atoms with E-state index in [4.69, 9.17) is 9.99 Å². The monoisotopic (exact) mass is 615 g/mol. The van der Waals surface area contributed by atoms with Crippen LogP contribution in [0.3, 0.4) is 0 Å². The average molecular weight is 616 g/mol. The van der Waals surface area contributed by atoms with E-state index in [0.717, 1.165) is 30.2 Å². The molecule has 3 aliphatic heterocycles. The summed E-state index contributed by atoms with van der Waals surface area (Å²) in [7, 11) is 2.24. The summed E-state index contributed by atoms with van der Waals surface area (Å²) in [6, 6.07) is 50.2. The van der Waals surface area contributed by atoms with Gasteiger partial charge in [-0.3, -0.25) is 4.90 Å². The number of anilines is 1. The van der Waals surface area contributed by atoms with Gasteiger partial charge in [-0.15, -0.1) is 11.8 Å². The Bertz CT molecular complexity index is 2180. The molecule has 1 fully saturated rings. The van der Waals surface area contributed by atoms with Gasteiger partial charge >= 0.3 is 0 Å². The van der Waals surface area contributed by atoms with E-state index in [-0.39, 0.29) is 11.2 Å². The van der Waals surface area contributed by atoms with E-state index in [2.05, 4.69) is 162 Å². The summed E-state index contributed by atoms with van der Waals surface area (Å²) in [4.78, 5) is 13.1. The number of nitrogens with zero attached hydrogens (tertiary/aromatic N) is 3. The van der Waals surface area contributed by atoms with Crippen LogP contribution in [-0.4, -0.2) is 36.6 Å². The summed E-state index contributed by atoms with van der Waals surface area (Å²) < 4.78 is 0. The van der Waals surface area contributed by atoms with Gasteiger partial charge in [-0.05, 0) is 64.0 Å². The number of likely N-dealkylation sites (tertiary alicyclic amines) is 1. The summed E-state index contributed by atoms with van der Waals surface area (Å²) in [6.45, 7) is 1.64. The average Bonchev–Trinajstić information content (AvgIpc) is 3.44. The molecule has 46 heavy (non-hydrogen) atoms. The Labute approximate surface area is 273 Å². The Morgan fingerprint density at radius 1 is 0.739 bits per heavy atom. The van der Waals surface area contributed by atoms with Crippen LogP contribution in [0.15, 0.2) is 155 Å². The highest BCUT2D eigenvalue weighted by atomic mass is 32.2. The molecule has 0 saturated carbocycles. The molecule has 0 bridgehead atoms. The summed E-state index contributed by atoms with van der Waals surface area (Å²) >= 11 is 1.96. The van der Waals surface area contributed by atoms with E-state index in [1.54, 1.807) is 0 Å². The van der Waals surface area contributed by atoms with Crippen LogP contribution in [0.2, 0.25) is 0 Å². The Hall–Kier alpha value is -4.84. The van der Waals surface area contributed by atoms with Crippen molar-refractivity contribution in [3.8, 4) is 0 Å². The van der Waals surface area contributed by atoms with Crippen LogP contribution >= 0.6 is 11.8 Å². The van der Waals surface area contributed by atoms with Crippen molar-refractivity contribution in [3.63, 3.8) is 0 Å². The van der Waals surface area contributed by atoms with Crippen LogP contribution in [0.1, 0.15) is 21.9 Å². The lowest BCUT2D eigenvalue weighted by molar-refractivity contribution is -0.0595. The molecule has 1 saturated heterocycles. The van der Waals surface area contributed by atoms with Crippen molar-refractivity contribution in [1.29, 1.82) is 0 Å². The minimum Gasteiger partial charge on any atom is -0.359 e. The number of hydrogen-bond acceptors (Lipinski definition) is 5. The van der Waals surface area contributed by atoms with Gasteiger partial charge in [0.25, 0.3) is 0 Å². The fourth-order valence-electron chi connectivity index (χ4n) is 7.61. The van der Waals surface area contributed by atoms with Crippen molar-refractivity contribution in [2.45, 2.75) is 15.9 Å². The smallest absolute Gasteiger partial charge is 0.244 e. The first-order valence-corrected chi connectivity index (χ1v) is 16.8. The van der Waals surface area contributed by atoms with Gasteiger partial charge in [0.15, 0.2) is 5.84 Å². The van der Waals surface area contributed by atoms with Crippen LogP contribution in [-0.2, 0) is 4.84 Å². The first kappa shape index (κ1) is 27.5. The summed E-state index contributed by atoms with van der Waals surface area (Å²) in [5, 5.41) is 10.1. The summed E-state index contributed by atoms with van der Waals surface area (Å²) in [5.41, 5.74) is 5.04. The van der Waals surface area contributed by atoms with Crippen molar-refractivity contribution in [3.05, 3.63) is 162 Å². The number of oxime groups is 1.